The molecule has 2 amide bonds. The molecule has 0 saturated carbocycles. The molecule has 0 radical (unpaired) electrons. The van der Waals surface area contributed by atoms with Crippen molar-refractivity contribution in [2.45, 2.75) is 6.92 Å². The Bertz CT molecular complexity index is 564. The molecule has 1 aliphatic rings. The summed E-state index contributed by atoms with van der Waals surface area (Å²) in [6.07, 6.45) is 3.38. The van der Waals surface area contributed by atoms with Gasteiger partial charge in [0.1, 0.15) is 0 Å². The van der Waals surface area contributed by atoms with Crippen LogP contribution in [0.4, 0.5) is 0 Å². The van der Waals surface area contributed by atoms with Gasteiger partial charge in [0.05, 0.1) is 6.54 Å². The zero-order chi connectivity index (χ0) is 16.7. The quantitative estimate of drug-likeness (QED) is 0.832. The minimum atomic E-state index is -0.00221. The van der Waals surface area contributed by atoms with Crippen LogP contribution < -0.4 is 5.32 Å². The van der Waals surface area contributed by atoms with Crippen molar-refractivity contribution in [3.05, 3.63) is 40.9 Å². The molecule has 0 bridgehead atoms. The van der Waals surface area contributed by atoms with E-state index in [4.69, 9.17) is 11.6 Å². The van der Waals surface area contributed by atoms with Gasteiger partial charge in [-0.15, -0.1) is 0 Å². The average Bonchev–Trinajstić information content (AvgIpc) is 2.55. The lowest BCUT2D eigenvalue weighted by molar-refractivity contribution is -0.128. The number of halogens is 1. The summed E-state index contributed by atoms with van der Waals surface area (Å²) in [6, 6.07) is 7.34. The van der Waals surface area contributed by atoms with Crippen molar-refractivity contribution < 1.29 is 9.59 Å². The molecular formula is C17H22ClN3O2. The van der Waals surface area contributed by atoms with E-state index in [-0.39, 0.29) is 11.8 Å². The third kappa shape index (κ3) is 5.69. The fourth-order valence-electron chi connectivity index (χ4n) is 2.43. The van der Waals surface area contributed by atoms with Gasteiger partial charge >= 0.3 is 0 Å². The van der Waals surface area contributed by atoms with Gasteiger partial charge in [0.25, 0.3) is 0 Å². The van der Waals surface area contributed by atoms with Gasteiger partial charge in [-0.05, 0) is 30.7 Å². The molecule has 0 spiro atoms. The molecule has 6 heteroatoms. The molecule has 5 nitrogen and oxygen atoms in total. The van der Waals surface area contributed by atoms with Crippen LogP contribution in [0.5, 0.6) is 0 Å². The molecule has 1 fully saturated rings. The summed E-state index contributed by atoms with van der Waals surface area (Å²) in [5.74, 6) is 0.0347. The highest BCUT2D eigenvalue weighted by atomic mass is 35.5. The van der Waals surface area contributed by atoms with E-state index in [2.05, 4.69) is 10.2 Å². The summed E-state index contributed by atoms with van der Waals surface area (Å²) in [4.78, 5) is 27.6. The Hall–Kier alpha value is -1.85. The maximum atomic E-state index is 12.2. The van der Waals surface area contributed by atoms with E-state index >= 15 is 0 Å². The number of carbonyl (C=O) groups excluding carboxylic acids is 2. The topological polar surface area (TPSA) is 52.7 Å². The van der Waals surface area contributed by atoms with Crippen molar-refractivity contribution in [1.29, 1.82) is 0 Å². The van der Waals surface area contributed by atoms with Crippen LogP contribution in [0.3, 0.4) is 0 Å². The largest absolute Gasteiger partial charge is 0.355 e. The summed E-state index contributed by atoms with van der Waals surface area (Å²) in [5, 5.41) is 3.46. The fourth-order valence-corrected chi connectivity index (χ4v) is 2.56. The van der Waals surface area contributed by atoms with Crippen LogP contribution in [0, 0.1) is 0 Å². The second-order valence-corrected chi connectivity index (χ2v) is 5.88. The molecule has 1 aromatic carbocycles. The van der Waals surface area contributed by atoms with Crippen molar-refractivity contribution in [2.75, 3.05) is 39.3 Å². The average molecular weight is 336 g/mol. The zero-order valence-corrected chi connectivity index (χ0v) is 14.1. The Kier molecular flexibility index (Phi) is 6.62. The normalized spacial score (nSPS) is 15.8. The first-order chi connectivity index (χ1) is 11.1. The number of nitrogens with zero attached hydrogens (tertiary/aromatic N) is 2. The van der Waals surface area contributed by atoms with Crippen molar-refractivity contribution in [1.82, 2.24) is 15.1 Å². The molecule has 1 N–H and O–H groups in total. The lowest BCUT2D eigenvalue weighted by atomic mass is 10.2. The van der Waals surface area contributed by atoms with Gasteiger partial charge in [-0.1, -0.05) is 23.7 Å². The number of amides is 2. The maximum absolute atomic E-state index is 12.2. The molecule has 0 atom stereocenters. The Morgan fingerprint density at radius 2 is 1.83 bits per heavy atom. The SMILES string of the molecule is CCNC(=O)CN1CCN(C(=O)/C=C/c2ccc(Cl)cc2)CC1. The van der Waals surface area contributed by atoms with Gasteiger partial charge in [-0.3, -0.25) is 14.5 Å². The highest BCUT2D eigenvalue weighted by Crippen LogP contribution is 2.11. The molecular weight excluding hydrogens is 314 g/mol. The minimum Gasteiger partial charge on any atom is -0.355 e. The second kappa shape index (κ2) is 8.70. The van der Waals surface area contributed by atoms with E-state index in [1.165, 1.54) is 0 Å². The number of piperazine rings is 1. The molecule has 1 aromatic rings. The predicted octanol–water partition coefficient (Wildman–Crippen LogP) is 1.63. The zero-order valence-electron chi connectivity index (χ0n) is 13.3. The Balaban J connectivity index is 1.79. The molecule has 0 unspecified atom stereocenters. The first-order valence-corrected chi connectivity index (χ1v) is 8.18. The lowest BCUT2D eigenvalue weighted by Gasteiger charge is -2.33. The van der Waals surface area contributed by atoms with Crippen molar-refractivity contribution in [3.8, 4) is 0 Å². The van der Waals surface area contributed by atoms with Crippen LogP contribution in [-0.2, 0) is 9.59 Å². The van der Waals surface area contributed by atoms with E-state index in [1.54, 1.807) is 29.2 Å². The highest BCUT2D eigenvalue weighted by Gasteiger charge is 2.20. The van der Waals surface area contributed by atoms with E-state index in [0.29, 0.717) is 31.2 Å². The molecule has 23 heavy (non-hydrogen) atoms. The number of rotatable bonds is 5. The second-order valence-electron chi connectivity index (χ2n) is 5.44. The van der Waals surface area contributed by atoms with Gasteiger partial charge in [-0.2, -0.15) is 0 Å². The van der Waals surface area contributed by atoms with Crippen molar-refractivity contribution in [3.63, 3.8) is 0 Å². The van der Waals surface area contributed by atoms with E-state index < -0.39 is 0 Å². The van der Waals surface area contributed by atoms with Crippen LogP contribution >= 0.6 is 11.6 Å². The lowest BCUT2D eigenvalue weighted by Crippen LogP contribution is -2.50. The monoisotopic (exact) mass is 335 g/mol. The van der Waals surface area contributed by atoms with Gasteiger partial charge in [0.15, 0.2) is 0 Å². The number of carbonyl (C=O) groups is 2. The van der Waals surface area contributed by atoms with Crippen LogP contribution in [-0.4, -0.2) is 60.9 Å². The van der Waals surface area contributed by atoms with Crippen LogP contribution in [0.2, 0.25) is 5.02 Å². The maximum Gasteiger partial charge on any atom is 0.246 e. The number of hydrogen-bond acceptors (Lipinski definition) is 3. The molecule has 0 aliphatic carbocycles. The summed E-state index contributed by atoms with van der Waals surface area (Å²) >= 11 is 5.83. The van der Waals surface area contributed by atoms with Crippen LogP contribution in [0.25, 0.3) is 6.08 Å². The Morgan fingerprint density at radius 3 is 2.43 bits per heavy atom. The first-order valence-electron chi connectivity index (χ1n) is 7.80. The molecule has 124 valence electrons. The fraction of sp³-hybridized carbons (Fsp3) is 0.412. The van der Waals surface area contributed by atoms with Crippen molar-refractivity contribution >= 4 is 29.5 Å². The van der Waals surface area contributed by atoms with Crippen molar-refractivity contribution in [2.24, 2.45) is 0 Å². The summed E-state index contributed by atoms with van der Waals surface area (Å²) in [7, 11) is 0. The van der Waals surface area contributed by atoms with Gasteiger partial charge < -0.3 is 10.2 Å². The highest BCUT2D eigenvalue weighted by molar-refractivity contribution is 6.30. The third-order valence-corrected chi connectivity index (χ3v) is 3.97. The predicted molar refractivity (Wildman–Crippen MR) is 92.2 cm³/mol. The summed E-state index contributed by atoms with van der Waals surface area (Å²) in [6.45, 7) is 5.67. The first kappa shape index (κ1) is 17.5. The molecule has 1 saturated heterocycles. The number of nitrogens with one attached hydrogen (secondary N) is 1. The summed E-state index contributed by atoms with van der Waals surface area (Å²) in [5.41, 5.74) is 0.942. The third-order valence-electron chi connectivity index (χ3n) is 3.71. The Labute approximate surface area is 141 Å². The minimum absolute atomic E-state index is 0.00221. The molecule has 0 aromatic heterocycles. The number of benzene rings is 1. The van der Waals surface area contributed by atoms with E-state index in [1.807, 2.05) is 19.1 Å². The van der Waals surface area contributed by atoms with Gasteiger partial charge in [-0.25, -0.2) is 0 Å². The van der Waals surface area contributed by atoms with Gasteiger partial charge in [0, 0.05) is 43.8 Å². The Morgan fingerprint density at radius 1 is 1.17 bits per heavy atom. The van der Waals surface area contributed by atoms with E-state index in [0.717, 1.165) is 18.7 Å². The van der Waals surface area contributed by atoms with Crippen LogP contribution in [0.1, 0.15) is 12.5 Å². The van der Waals surface area contributed by atoms with Crippen LogP contribution in [0.15, 0.2) is 30.3 Å². The molecule has 1 heterocycles. The number of hydrogen-bond donors (Lipinski definition) is 1. The molecule has 2 rings (SSSR count). The number of likely N-dealkylation sites (N-methyl/N-ethyl adjacent to an activating group) is 1. The summed E-state index contributed by atoms with van der Waals surface area (Å²) < 4.78 is 0. The van der Waals surface area contributed by atoms with E-state index in [9.17, 15) is 9.59 Å². The standard InChI is InChI=1S/C17H22ClN3O2/c1-2-19-16(22)13-20-9-11-21(12-10-20)17(23)8-5-14-3-6-15(18)7-4-14/h3-8H,2,9-13H2,1H3,(H,19,22)/b8-5+. The van der Waals surface area contributed by atoms with Gasteiger partial charge in [0.2, 0.25) is 11.8 Å². The smallest absolute Gasteiger partial charge is 0.246 e. The molecule has 1 aliphatic heterocycles.